The Kier molecular flexibility index (Phi) is 20.8. The Morgan fingerprint density at radius 1 is 0.725 bits per heavy atom. The molecular formula is C42H44ClF12N5O9. The van der Waals surface area contributed by atoms with E-state index in [1.807, 2.05) is 54.6 Å². The van der Waals surface area contributed by atoms with Crippen LogP contribution in [-0.2, 0) is 36.9 Å². The van der Waals surface area contributed by atoms with Gasteiger partial charge in [-0.15, -0.1) is 0 Å². The fraction of sp³-hybridized carbons (Fsp3) is 0.452. The molecule has 0 saturated carbocycles. The molecule has 3 atom stereocenters. The number of nitrogens with one attached hydrogen (secondary N) is 2. The summed E-state index contributed by atoms with van der Waals surface area (Å²) in [7, 11) is 0. The van der Waals surface area contributed by atoms with Gasteiger partial charge in [-0.1, -0.05) is 60.1 Å². The van der Waals surface area contributed by atoms with Crippen LogP contribution in [0.25, 0.3) is 0 Å². The molecule has 0 radical (unpaired) electrons. The summed E-state index contributed by atoms with van der Waals surface area (Å²) in [5.74, 6) is -7.98. The maximum Gasteiger partial charge on any atom is 0.490 e. The summed E-state index contributed by atoms with van der Waals surface area (Å²) in [5.41, 5.74) is 4.03. The van der Waals surface area contributed by atoms with E-state index in [4.69, 9.17) is 46.0 Å². The van der Waals surface area contributed by atoms with Gasteiger partial charge >= 0.3 is 42.6 Å². The number of hydrogen-bond acceptors (Lipinski definition) is 9. The van der Waals surface area contributed by atoms with Crippen LogP contribution in [-0.4, -0.2) is 138 Å². The van der Waals surface area contributed by atoms with Gasteiger partial charge in [0, 0.05) is 63.2 Å². The number of para-hydroxylation sites is 2. The van der Waals surface area contributed by atoms with Crippen LogP contribution in [0.3, 0.4) is 0 Å². The highest BCUT2D eigenvalue weighted by molar-refractivity contribution is 6.30. The zero-order valence-corrected chi connectivity index (χ0v) is 36.4. The molecule has 3 aliphatic rings. The summed E-state index contributed by atoms with van der Waals surface area (Å²) in [4.78, 5) is 59.4. The van der Waals surface area contributed by atoms with E-state index < -0.39 is 55.2 Å². The Labute approximate surface area is 389 Å². The number of carboxylic acids is 3. The third-order valence-corrected chi connectivity index (χ3v) is 10.3. The summed E-state index contributed by atoms with van der Waals surface area (Å²) < 4.78 is 141. The van der Waals surface area contributed by atoms with E-state index in [0.717, 1.165) is 16.8 Å². The number of rotatable bonds is 10. The van der Waals surface area contributed by atoms with Crippen LogP contribution in [0.1, 0.15) is 42.0 Å². The molecule has 2 fully saturated rings. The van der Waals surface area contributed by atoms with Crippen LogP contribution in [0.5, 0.6) is 5.75 Å². The predicted octanol–water partition coefficient (Wildman–Crippen LogP) is 7.26. The molecule has 6 rings (SSSR count). The number of ether oxygens (including phenoxy) is 1. The highest BCUT2D eigenvalue weighted by Crippen LogP contribution is 2.32. The Morgan fingerprint density at radius 3 is 1.78 bits per heavy atom. The van der Waals surface area contributed by atoms with Gasteiger partial charge in [0.05, 0.1) is 12.2 Å². The SMILES string of the molecule is O=C(CC1NCc2ccccc21)NC(Cc1ccc(Cl)cc1)C(=O)N1CCN(c2ccccc2OC2CCCN(CC(F)(F)F)C2)CC1.O=C(O)C(F)(F)F.O=C(O)C(F)(F)F.O=C(O)C(F)(F)F. The third-order valence-electron chi connectivity index (χ3n) is 10.0. The van der Waals surface area contributed by atoms with E-state index in [2.05, 4.69) is 21.6 Å². The molecule has 69 heavy (non-hydrogen) atoms. The van der Waals surface area contributed by atoms with Crippen LogP contribution in [0, 0.1) is 0 Å². The van der Waals surface area contributed by atoms with Crippen molar-refractivity contribution < 1.29 is 96.7 Å². The second-order valence-corrected chi connectivity index (χ2v) is 15.6. The number of carbonyl (C=O) groups is 5. The monoisotopic (exact) mass is 1030 g/mol. The number of benzene rings is 3. The minimum absolute atomic E-state index is 0.111. The van der Waals surface area contributed by atoms with Gasteiger partial charge in [0.15, 0.2) is 0 Å². The Bertz CT molecular complexity index is 2130. The molecule has 2 amide bonds. The maximum atomic E-state index is 14.0. The Morgan fingerprint density at radius 2 is 1.25 bits per heavy atom. The summed E-state index contributed by atoms with van der Waals surface area (Å²) in [5, 5.41) is 28.4. The standard InChI is InChI=1S/C36H41ClF3N5O3.3C2HF3O2/c37-27-13-11-25(12-14-27)20-31(42-34(46)21-30-29-8-2-1-6-26(29)22-41-30)35(47)45-18-16-44(17-19-45)32-9-3-4-10-33(32)48-28-7-5-15-43(23-28)24-36(38,39)40;3*3-2(4,5)1(6)7/h1-4,6,8-14,28,30-31,41H,5,7,15-24H2,(H,42,46);3*(H,6,7). The maximum absolute atomic E-state index is 14.0. The van der Waals surface area contributed by atoms with Crippen molar-refractivity contribution in [2.75, 3.05) is 50.7 Å². The third kappa shape index (κ3) is 19.9. The van der Waals surface area contributed by atoms with Gasteiger partial charge in [0.2, 0.25) is 11.8 Å². The molecule has 382 valence electrons. The largest absolute Gasteiger partial charge is 0.490 e. The quantitative estimate of drug-likeness (QED) is 0.128. The summed E-state index contributed by atoms with van der Waals surface area (Å²) >= 11 is 6.10. The fourth-order valence-corrected chi connectivity index (χ4v) is 7.07. The lowest BCUT2D eigenvalue weighted by atomic mass is 10.0. The first kappa shape index (κ1) is 57.3. The van der Waals surface area contributed by atoms with Crippen LogP contribution < -0.4 is 20.3 Å². The molecule has 0 aromatic heterocycles. The number of carbonyl (C=O) groups excluding carboxylic acids is 2. The average Bonchev–Trinajstić information content (AvgIpc) is 3.65. The molecule has 3 aliphatic heterocycles. The molecule has 3 aromatic rings. The molecule has 14 nitrogen and oxygen atoms in total. The second kappa shape index (κ2) is 25.0. The highest BCUT2D eigenvalue weighted by Gasteiger charge is 2.40. The summed E-state index contributed by atoms with van der Waals surface area (Å²) in [6.07, 6.45) is -17.9. The van der Waals surface area contributed by atoms with Crippen molar-refractivity contribution in [3.05, 3.63) is 94.5 Å². The van der Waals surface area contributed by atoms with Crippen molar-refractivity contribution in [1.29, 1.82) is 0 Å². The van der Waals surface area contributed by atoms with Gasteiger partial charge < -0.3 is 40.5 Å². The van der Waals surface area contributed by atoms with Crippen LogP contribution >= 0.6 is 11.6 Å². The number of nitrogens with zero attached hydrogens (tertiary/aromatic N) is 3. The number of anilines is 1. The van der Waals surface area contributed by atoms with Crippen molar-refractivity contribution in [3.8, 4) is 5.75 Å². The normalized spacial score (nSPS) is 17.8. The first-order valence-electron chi connectivity index (χ1n) is 20.3. The van der Waals surface area contributed by atoms with Crippen LogP contribution in [0.4, 0.5) is 58.4 Å². The van der Waals surface area contributed by atoms with E-state index in [-0.39, 0.29) is 36.9 Å². The topological polar surface area (TPSA) is 189 Å². The molecule has 0 aliphatic carbocycles. The number of piperazine rings is 1. The minimum atomic E-state index is -5.08. The lowest BCUT2D eigenvalue weighted by Gasteiger charge is -2.39. The van der Waals surface area contributed by atoms with Gasteiger partial charge in [-0.3, -0.25) is 14.5 Å². The first-order valence-corrected chi connectivity index (χ1v) is 20.7. The van der Waals surface area contributed by atoms with E-state index in [1.165, 1.54) is 10.5 Å². The van der Waals surface area contributed by atoms with Gasteiger partial charge in [-0.2, -0.15) is 52.7 Å². The molecule has 2 saturated heterocycles. The molecule has 3 unspecified atom stereocenters. The molecule has 0 spiro atoms. The zero-order valence-electron chi connectivity index (χ0n) is 35.7. The predicted molar refractivity (Wildman–Crippen MR) is 220 cm³/mol. The van der Waals surface area contributed by atoms with E-state index in [9.17, 15) is 62.3 Å². The minimum Gasteiger partial charge on any atom is -0.487 e. The fourth-order valence-electron chi connectivity index (χ4n) is 6.95. The lowest BCUT2D eigenvalue weighted by Crippen LogP contribution is -2.55. The second-order valence-electron chi connectivity index (χ2n) is 15.2. The smallest absolute Gasteiger partial charge is 0.487 e. The van der Waals surface area contributed by atoms with Gasteiger partial charge in [-0.25, -0.2) is 14.4 Å². The lowest BCUT2D eigenvalue weighted by molar-refractivity contribution is -0.193. The highest BCUT2D eigenvalue weighted by atomic mass is 35.5. The van der Waals surface area contributed by atoms with Gasteiger partial charge in [0.1, 0.15) is 17.9 Å². The van der Waals surface area contributed by atoms with Gasteiger partial charge in [-0.05, 0) is 60.3 Å². The number of amides is 2. The van der Waals surface area contributed by atoms with Crippen molar-refractivity contribution in [2.45, 2.75) is 75.1 Å². The average molecular weight is 1030 g/mol. The number of halogens is 13. The number of hydrogen-bond donors (Lipinski definition) is 5. The zero-order chi connectivity index (χ0) is 51.9. The Balaban J connectivity index is 0.000000500. The first-order chi connectivity index (χ1) is 31.9. The van der Waals surface area contributed by atoms with Crippen molar-refractivity contribution >= 4 is 47.0 Å². The van der Waals surface area contributed by atoms with E-state index >= 15 is 0 Å². The molecule has 5 N–H and O–H groups in total. The van der Waals surface area contributed by atoms with Crippen molar-refractivity contribution in [1.82, 2.24) is 20.4 Å². The van der Waals surface area contributed by atoms with E-state index in [0.29, 0.717) is 69.3 Å². The summed E-state index contributed by atoms with van der Waals surface area (Å²) in [6.45, 7) is 2.37. The molecule has 0 bridgehead atoms. The number of fused-ring (bicyclic) bond motifs is 1. The molecule has 3 heterocycles. The van der Waals surface area contributed by atoms with Crippen LogP contribution in [0.15, 0.2) is 72.8 Å². The Hall–Kier alpha value is -6.02. The number of carboxylic acid groups (broad SMARTS) is 3. The number of alkyl halides is 12. The molecule has 27 heteroatoms. The molecular weight excluding hydrogens is 982 g/mol. The van der Waals surface area contributed by atoms with Gasteiger partial charge in [0.25, 0.3) is 0 Å². The summed E-state index contributed by atoms with van der Waals surface area (Å²) in [6, 6.07) is 22.0. The molecule has 3 aromatic carbocycles. The van der Waals surface area contributed by atoms with Crippen LogP contribution in [0.2, 0.25) is 5.02 Å². The number of piperidine rings is 1. The van der Waals surface area contributed by atoms with E-state index in [1.54, 1.807) is 17.0 Å². The van der Waals surface area contributed by atoms with Crippen molar-refractivity contribution in [3.63, 3.8) is 0 Å². The van der Waals surface area contributed by atoms with Crippen molar-refractivity contribution in [2.24, 2.45) is 0 Å². The number of likely N-dealkylation sites (tertiary alicyclic amines) is 1. The number of aliphatic carboxylic acids is 3.